The van der Waals surface area contributed by atoms with Crippen LogP contribution in [0.5, 0.6) is 5.75 Å². The highest BCUT2D eigenvalue weighted by Gasteiger charge is 2.09. The molecule has 0 aliphatic rings. The molecule has 0 fully saturated rings. The number of amides is 1. The van der Waals surface area contributed by atoms with Gasteiger partial charge in [-0.05, 0) is 31.4 Å². The molecule has 2 N–H and O–H groups in total. The second-order valence-corrected chi connectivity index (χ2v) is 4.30. The van der Waals surface area contributed by atoms with E-state index in [4.69, 9.17) is 9.84 Å². The van der Waals surface area contributed by atoms with Gasteiger partial charge < -0.3 is 15.2 Å². The average Bonchev–Trinajstić information content (AvgIpc) is 2.37. The molecule has 0 aromatic heterocycles. The second-order valence-electron chi connectivity index (χ2n) is 4.30. The summed E-state index contributed by atoms with van der Waals surface area (Å²) in [7, 11) is 1.55. The number of nitrogens with one attached hydrogen (secondary N) is 1. The highest BCUT2D eigenvalue weighted by molar-refractivity contribution is 5.93. The van der Waals surface area contributed by atoms with Gasteiger partial charge in [0.1, 0.15) is 5.75 Å². The van der Waals surface area contributed by atoms with E-state index in [2.05, 4.69) is 5.32 Å². The van der Waals surface area contributed by atoms with E-state index in [1.54, 1.807) is 13.2 Å². The van der Waals surface area contributed by atoms with Gasteiger partial charge in [-0.25, -0.2) is 0 Å². The summed E-state index contributed by atoms with van der Waals surface area (Å²) in [4.78, 5) is 22.1. The van der Waals surface area contributed by atoms with E-state index in [0.29, 0.717) is 30.7 Å². The number of para-hydroxylation sites is 1. The van der Waals surface area contributed by atoms with Crippen LogP contribution in [-0.2, 0) is 9.59 Å². The lowest BCUT2D eigenvalue weighted by Gasteiger charge is -2.12. The van der Waals surface area contributed by atoms with Crippen molar-refractivity contribution in [2.24, 2.45) is 0 Å². The number of carbonyl (C=O) groups excluding carboxylic acids is 1. The van der Waals surface area contributed by atoms with Crippen LogP contribution in [0.3, 0.4) is 0 Å². The molecule has 0 aliphatic carbocycles. The number of hydrogen-bond donors (Lipinski definition) is 2. The minimum atomic E-state index is -0.832. The van der Waals surface area contributed by atoms with E-state index in [-0.39, 0.29) is 12.3 Å². The predicted octanol–water partition coefficient (Wildman–Crippen LogP) is 2.59. The molecule has 0 radical (unpaired) electrons. The standard InChI is InChI=1S/C14H19NO4/c1-10-6-5-7-11(19-2)14(10)15-12(16)8-3-4-9-13(17)18/h5-7H,3-4,8-9H2,1-2H3,(H,15,16)(H,17,18). The van der Waals surface area contributed by atoms with Crippen molar-refractivity contribution < 1.29 is 19.4 Å². The zero-order valence-corrected chi connectivity index (χ0v) is 11.2. The van der Waals surface area contributed by atoms with Crippen molar-refractivity contribution in [3.05, 3.63) is 23.8 Å². The van der Waals surface area contributed by atoms with Crippen molar-refractivity contribution in [3.8, 4) is 5.75 Å². The number of aliphatic carboxylic acids is 1. The van der Waals surface area contributed by atoms with Crippen LogP contribution in [0, 0.1) is 6.92 Å². The number of ether oxygens (including phenoxy) is 1. The van der Waals surface area contributed by atoms with E-state index in [0.717, 1.165) is 5.56 Å². The molecule has 1 aromatic rings. The fourth-order valence-electron chi connectivity index (χ4n) is 1.73. The maximum absolute atomic E-state index is 11.8. The summed E-state index contributed by atoms with van der Waals surface area (Å²) < 4.78 is 5.19. The first kappa shape index (κ1) is 15.0. The van der Waals surface area contributed by atoms with Crippen molar-refractivity contribution in [1.82, 2.24) is 0 Å². The number of methoxy groups -OCH3 is 1. The van der Waals surface area contributed by atoms with Crippen molar-refractivity contribution in [2.45, 2.75) is 32.6 Å². The van der Waals surface area contributed by atoms with Gasteiger partial charge in [-0.15, -0.1) is 0 Å². The minimum Gasteiger partial charge on any atom is -0.495 e. The van der Waals surface area contributed by atoms with E-state index in [9.17, 15) is 9.59 Å². The van der Waals surface area contributed by atoms with Crippen molar-refractivity contribution in [1.29, 1.82) is 0 Å². The van der Waals surface area contributed by atoms with Gasteiger partial charge in [-0.3, -0.25) is 9.59 Å². The fourth-order valence-corrected chi connectivity index (χ4v) is 1.73. The van der Waals surface area contributed by atoms with Crippen LogP contribution in [0.4, 0.5) is 5.69 Å². The first-order valence-electron chi connectivity index (χ1n) is 6.20. The van der Waals surface area contributed by atoms with Crippen molar-refractivity contribution in [2.75, 3.05) is 12.4 Å². The zero-order valence-electron chi connectivity index (χ0n) is 11.2. The van der Waals surface area contributed by atoms with Gasteiger partial charge in [-0.2, -0.15) is 0 Å². The Morgan fingerprint density at radius 3 is 2.58 bits per heavy atom. The van der Waals surface area contributed by atoms with Gasteiger partial charge in [0.05, 0.1) is 12.8 Å². The summed E-state index contributed by atoms with van der Waals surface area (Å²) in [6.07, 6.45) is 1.48. The monoisotopic (exact) mass is 265 g/mol. The Hall–Kier alpha value is -2.04. The summed E-state index contributed by atoms with van der Waals surface area (Å²) >= 11 is 0. The van der Waals surface area contributed by atoms with Crippen LogP contribution in [0.25, 0.3) is 0 Å². The van der Waals surface area contributed by atoms with E-state index in [1.165, 1.54) is 0 Å². The molecule has 0 saturated carbocycles. The Kier molecular flexibility index (Phi) is 5.85. The second kappa shape index (κ2) is 7.41. The molecule has 5 heteroatoms. The van der Waals surface area contributed by atoms with Crippen LogP contribution < -0.4 is 10.1 Å². The van der Waals surface area contributed by atoms with Gasteiger partial charge in [0.15, 0.2) is 0 Å². The maximum atomic E-state index is 11.8. The van der Waals surface area contributed by atoms with Crippen molar-refractivity contribution in [3.63, 3.8) is 0 Å². The third kappa shape index (κ3) is 4.99. The molecule has 0 spiro atoms. The Labute approximate surface area is 112 Å². The number of carbonyl (C=O) groups is 2. The highest BCUT2D eigenvalue weighted by atomic mass is 16.5. The molecule has 0 aliphatic heterocycles. The number of carboxylic acid groups (broad SMARTS) is 1. The van der Waals surface area contributed by atoms with Gasteiger partial charge in [-0.1, -0.05) is 12.1 Å². The largest absolute Gasteiger partial charge is 0.495 e. The van der Waals surface area contributed by atoms with E-state index < -0.39 is 5.97 Å². The lowest BCUT2D eigenvalue weighted by molar-refractivity contribution is -0.137. The molecule has 19 heavy (non-hydrogen) atoms. The van der Waals surface area contributed by atoms with Gasteiger partial charge >= 0.3 is 5.97 Å². The molecular formula is C14H19NO4. The van der Waals surface area contributed by atoms with Gasteiger partial charge in [0, 0.05) is 12.8 Å². The molecule has 0 unspecified atom stereocenters. The Morgan fingerprint density at radius 1 is 1.26 bits per heavy atom. The number of benzene rings is 1. The number of hydrogen-bond acceptors (Lipinski definition) is 3. The Bertz CT molecular complexity index is 457. The molecule has 0 atom stereocenters. The molecule has 0 saturated heterocycles. The molecule has 1 rings (SSSR count). The van der Waals surface area contributed by atoms with E-state index >= 15 is 0 Å². The van der Waals surface area contributed by atoms with E-state index in [1.807, 2.05) is 19.1 Å². The van der Waals surface area contributed by atoms with Gasteiger partial charge in [0.2, 0.25) is 5.91 Å². The Morgan fingerprint density at radius 2 is 1.95 bits per heavy atom. The summed E-state index contributed by atoms with van der Waals surface area (Å²) in [5.41, 5.74) is 1.60. The SMILES string of the molecule is COc1cccc(C)c1NC(=O)CCCCC(=O)O. The third-order valence-corrected chi connectivity index (χ3v) is 2.76. The zero-order chi connectivity index (χ0) is 14.3. The lowest BCUT2D eigenvalue weighted by atomic mass is 10.1. The fraction of sp³-hybridized carbons (Fsp3) is 0.429. The van der Waals surface area contributed by atoms with Crippen LogP contribution in [-0.4, -0.2) is 24.1 Å². The number of rotatable bonds is 7. The number of carboxylic acids is 1. The Balaban J connectivity index is 2.50. The van der Waals surface area contributed by atoms with Crippen LogP contribution in [0.2, 0.25) is 0 Å². The molecule has 1 amide bonds. The summed E-state index contributed by atoms with van der Waals surface area (Å²) in [6, 6.07) is 5.53. The summed E-state index contributed by atoms with van der Waals surface area (Å²) in [6.45, 7) is 1.89. The maximum Gasteiger partial charge on any atom is 0.303 e. The lowest BCUT2D eigenvalue weighted by Crippen LogP contribution is -2.13. The highest BCUT2D eigenvalue weighted by Crippen LogP contribution is 2.27. The van der Waals surface area contributed by atoms with Crippen LogP contribution >= 0.6 is 0 Å². The number of anilines is 1. The first-order chi connectivity index (χ1) is 9.04. The molecule has 104 valence electrons. The summed E-state index contributed by atoms with van der Waals surface area (Å²) in [5, 5.41) is 11.3. The molecule has 0 heterocycles. The quantitative estimate of drug-likeness (QED) is 0.743. The molecule has 0 bridgehead atoms. The van der Waals surface area contributed by atoms with Crippen LogP contribution in [0.15, 0.2) is 18.2 Å². The minimum absolute atomic E-state index is 0.0982. The summed E-state index contributed by atoms with van der Waals surface area (Å²) in [5.74, 6) is -0.335. The number of unbranched alkanes of at least 4 members (excludes halogenated alkanes) is 1. The van der Waals surface area contributed by atoms with Crippen LogP contribution in [0.1, 0.15) is 31.2 Å². The van der Waals surface area contributed by atoms with Gasteiger partial charge in [0.25, 0.3) is 0 Å². The molecule has 1 aromatic carbocycles. The average molecular weight is 265 g/mol. The first-order valence-corrected chi connectivity index (χ1v) is 6.20. The molecule has 5 nitrogen and oxygen atoms in total. The van der Waals surface area contributed by atoms with Crippen molar-refractivity contribution >= 4 is 17.6 Å². The number of aryl methyl sites for hydroxylation is 1. The smallest absolute Gasteiger partial charge is 0.303 e. The molecular weight excluding hydrogens is 246 g/mol. The topological polar surface area (TPSA) is 75.6 Å². The predicted molar refractivity (Wildman–Crippen MR) is 72.5 cm³/mol. The third-order valence-electron chi connectivity index (χ3n) is 2.76. The normalized spacial score (nSPS) is 10.0.